The number of rotatable bonds is 5. The maximum Gasteiger partial charge on any atom is 0.436 e. The summed E-state index contributed by atoms with van der Waals surface area (Å²) in [6, 6.07) is 0. The highest BCUT2D eigenvalue weighted by Gasteiger charge is 2.38. The summed E-state index contributed by atoms with van der Waals surface area (Å²) in [5.41, 5.74) is 0.346. The number of amides is 1. The van der Waals surface area contributed by atoms with Gasteiger partial charge in [-0.15, -0.1) is 11.3 Å². The van der Waals surface area contributed by atoms with Crippen molar-refractivity contribution in [2.45, 2.75) is 52.8 Å². The number of anilines is 1. The summed E-state index contributed by atoms with van der Waals surface area (Å²) in [7, 11) is 0. The molecule has 1 aliphatic carbocycles. The van der Waals surface area contributed by atoms with Gasteiger partial charge in [0.2, 0.25) is 5.91 Å². The fourth-order valence-corrected chi connectivity index (χ4v) is 5.34. The molecule has 0 bridgehead atoms. The van der Waals surface area contributed by atoms with Crippen molar-refractivity contribution in [1.29, 1.82) is 0 Å². The maximum atomic E-state index is 13.0. The SMILES string of the molecule is CCOC(=O)c1c(NC(=O)Cn2nc(C(F)(F)F)c(Br)c2C)sc2c1CC[C@H](C)C2. The summed E-state index contributed by atoms with van der Waals surface area (Å²) in [5.74, 6) is -0.601. The van der Waals surface area contributed by atoms with E-state index in [1.165, 1.54) is 18.3 Å². The zero-order valence-electron chi connectivity index (χ0n) is 16.7. The molecule has 1 atom stereocenters. The minimum Gasteiger partial charge on any atom is -0.462 e. The largest absolute Gasteiger partial charge is 0.462 e. The van der Waals surface area contributed by atoms with Gasteiger partial charge in [0.25, 0.3) is 0 Å². The second kappa shape index (κ2) is 8.70. The molecular formula is C19H21BrF3N3O3S. The highest BCUT2D eigenvalue weighted by Crippen LogP contribution is 2.40. The lowest BCUT2D eigenvalue weighted by molar-refractivity contribution is -0.142. The van der Waals surface area contributed by atoms with Gasteiger partial charge in [-0.05, 0) is 60.5 Å². The molecule has 0 aliphatic heterocycles. The van der Waals surface area contributed by atoms with E-state index in [0.29, 0.717) is 16.5 Å². The van der Waals surface area contributed by atoms with Crippen LogP contribution in [0.15, 0.2) is 4.47 Å². The van der Waals surface area contributed by atoms with Crippen molar-refractivity contribution in [2.24, 2.45) is 5.92 Å². The first-order valence-electron chi connectivity index (χ1n) is 9.44. The van der Waals surface area contributed by atoms with Crippen molar-refractivity contribution in [3.05, 3.63) is 31.9 Å². The molecule has 6 nitrogen and oxygen atoms in total. The number of carbonyl (C=O) groups excluding carboxylic acids is 2. The minimum atomic E-state index is -4.63. The van der Waals surface area contributed by atoms with Crippen LogP contribution in [-0.4, -0.2) is 28.3 Å². The van der Waals surface area contributed by atoms with E-state index in [-0.39, 0.29) is 16.8 Å². The first-order valence-corrected chi connectivity index (χ1v) is 11.0. The van der Waals surface area contributed by atoms with E-state index in [2.05, 4.69) is 33.3 Å². The average molecular weight is 508 g/mol. The Hall–Kier alpha value is -1.88. The first-order chi connectivity index (χ1) is 14.0. The lowest BCUT2D eigenvalue weighted by Crippen LogP contribution is -2.22. The number of nitrogens with zero attached hydrogens (tertiary/aromatic N) is 2. The summed E-state index contributed by atoms with van der Waals surface area (Å²) in [6.07, 6.45) is -2.17. The molecule has 0 unspecified atom stereocenters. The molecule has 3 rings (SSSR count). The van der Waals surface area contributed by atoms with Crippen molar-refractivity contribution in [3.63, 3.8) is 0 Å². The molecule has 0 saturated carbocycles. The van der Waals surface area contributed by atoms with Crippen LogP contribution in [0.2, 0.25) is 0 Å². The Labute approximate surface area is 183 Å². The van der Waals surface area contributed by atoms with Gasteiger partial charge in [0.05, 0.1) is 22.3 Å². The number of hydrogen-bond donors (Lipinski definition) is 1. The Bertz CT molecular complexity index is 984. The Kier molecular flexibility index (Phi) is 6.61. The second-order valence-corrected chi connectivity index (χ2v) is 9.13. The second-order valence-electron chi connectivity index (χ2n) is 7.23. The molecule has 0 aromatic carbocycles. The quantitative estimate of drug-likeness (QED) is 0.579. The zero-order chi connectivity index (χ0) is 22.2. The number of carbonyl (C=O) groups is 2. The predicted molar refractivity (Wildman–Crippen MR) is 110 cm³/mol. The molecule has 11 heteroatoms. The Morgan fingerprint density at radius 1 is 1.40 bits per heavy atom. The van der Waals surface area contributed by atoms with Gasteiger partial charge < -0.3 is 10.1 Å². The van der Waals surface area contributed by atoms with Crippen LogP contribution in [0.4, 0.5) is 18.2 Å². The van der Waals surface area contributed by atoms with E-state index in [4.69, 9.17) is 4.74 Å². The van der Waals surface area contributed by atoms with Crippen molar-refractivity contribution >= 4 is 44.1 Å². The van der Waals surface area contributed by atoms with Crippen molar-refractivity contribution in [3.8, 4) is 0 Å². The molecule has 1 N–H and O–H groups in total. The van der Waals surface area contributed by atoms with E-state index in [1.54, 1.807) is 6.92 Å². The van der Waals surface area contributed by atoms with E-state index >= 15 is 0 Å². The van der Waals surface area contributed by atoms with Crippen molar-refractivity contribution in [2.75, 3.05) is 11.9 Å². The average Bonchev–Trinajstić information content (AvgIpc) is 3.13. The molecule has 164 valence electrons. The number of hydrogen-bond acceptors (Lipinski definition) is 5. The van der Waals surface area contributed by atoms with Crippen LogP contribution < -0.4 is 5.32 Å². The Morgan fingerprint density at radius 3 is 2.70 bits per heavy atom. The van der Waals surface area contributed by atoms with Gasteiger partial charge in [-0.25, -0.2) is 4.79 Å². The minimum absolute atomic E-state index is 0.183. The highest BCUT2D eigenvalue weighted by atomic mass is 79.9. The molecular weight excluding hydrogens is 487 g/mol. The van der Waals surface area contributed by atoms with Crippen LogP contribution in [0.5, 0.6) is 0 Å². The van der Waals surface area contributed by atoms with E-state index in [0.717, 1.165) is 34.4 Å². The Balaban J connectivity index is 1.86. The molecule has 30 heavy (non-hydrogen) atoms. The summed E-state index contributed by atoms with van der Waals surface area (Å²) < 4.78 is 45.1. The lowest BCUT2D eigenvalue weighted by Gasteiger charge is -2.18. The third kappa shape index (κ3) is 4.56. The highest BCUT2D eigenvalue weighted by molar-refractivity contribution is 9.10. The van der Waals surface area contributed by atoms with Crippen molar-refractivity contribution < 1.29 is 27.5 Å². The molecule has 0 fully saturated rings. The van der Waals surface area contributed by atoms with Crippen LogP contribution >= 0.6 is 27.3 Å². The molecule has 2 aromatic heterocycles. The van der Waals surface area contributed by atoms with Crippen LogP contribution in [0.25, 0.3) is 0 Å². The molecule has 1 aliphatic rings. The van der Waals surface area contributed by atoms with Gasteiger partial charge in [-0.3, -0.25) is 9.48 Å². The predicted octanol–water partition coefficient (Wildman–Crippen LogP) is 4.97. The lowest BCUT2D eigenvalue weighted by atomic mass is 9.88. The molecule has 2 heterocycles. The van der Waals surface area contributed by atoms with Crippen molar-refractivity contribution in [1.82, 2.24) is 9.78 Å². The van der Waals surface area contributed by atoms with Gasteiger partial charge in [0.1, 0.15) is 11.5 Å². The molecule has 1 amide bonds. The number of alkyl halides is 3. The van der Waals surface area contributed by atoms with Crippen LogP contribution in [0.3, 0.4) is 0 Å². The number of fused-ring (bicyclic) bond motifs is 1. The van der Waals surface area contributed by atoms with Gasteiger partial charge in [-0.2, -0.15) is 18.3 Å². The molecule has 0 radical (unpaired) electrons. The van der Waals surface area contributed by atoms with Crippen LogP contribution in [-0.2, 0) is 35.1 Å². The Morgan fingerprint density at radius 2 is 2.10 bits per heavy atom. The monoisotopic (exact) mass is 507 g/mol. The molecule has 2 aromatic rings. The third-order valence-electron chi connectivity index (χ3n) is 4.94. The molecule has 0 saturated heterocycles. The van der Waals surface area contributed by atoms with E-state index < -0.39 is 30.3 Å². The fourth-order valence-electron chi connectivity index (χ4n) is 3.42. The molecule has 0 spiro atoms. The number of halogens is 4. The van der Waals surface area contributed by atoms with Crippen LogP contribution in [0.1, 0.15) is 52.5 Å². The van der Waals surface area contributed by atoms with E-state index in [9.17, 15) is 22.8 Å². The van der Waals surface area contributed by atoms with Gasteiger partial charge >= 0.3 is 12.1 Å². The van der Waals surface area contributed by atoms with Gasteiger partial charge in [-0.1, -0.05) is 6.92 Å². The van der Waals surface area contributed by atoms with Gasteiger partial charge in [0.15, 0.2) is 5.69 Å². The van der Waals surface area contributed by atoms with Crippen LogP contribution in [0, 0.1) is 12.8 Å². The van der Waals surface area contributed by atoms with E-state index in [1.807, 2.05) is 0 Å². The maximum absolute atomic E-state index is 13.0. The summed E-state index contributed by atoms with van der Waals surface area (Å²) in [4.78, 5) is 26.1. The standard InChI is InChI=1S/C19H21BrF3N3O3S/c1-4-29-18(28)14-11-6-5-9(2)7-12(11)30-17(14)24-13(27)8-26-10(3)15(20)16(25-26)19(21,22)23/h9H,4-8H2,1-3H3,(H,24,27)/t9-/m0/s1. The summed E-state index contributed by atoms with van der Waals surface area (Å²) >= 11 is 4.22. The van der Waals surface area contributed by atoms with Gasteiger partial charge in [0, 0.05) is 4.88 Å². The topological polar surface area (TPSA) is 73.2 Å². The number of ether oxygens (including phenoxy) is 1. The number of nitrogens with one attached hydrogen (secondary N) is 1. The summed E-state index contributed by atoms with van der Waals surface area (Å²) in [5, 5.41) is 6.58. The smallest absolute Gasteiger partial charge is 0.436 e. The third-order valence-corrected chi connectivity index (χ3v) is 7.06. The normalized spacial score (nSPS) is 16.3. The first kappa shape index (κ1) is 22.8. The number of aromatic nitrogens is 2. The number of thiophene rings is 1. The zero-order valence-corrected chi connectivity index (χ0v) is 19.1. The summed E-state index contributed by atoms with van der Waals surface area (Å²) in [6.45, 7) is 5.06. The fraction of sp³-hybridized carbons (Fsp3) is 0.526. The number of esters is 1.